The standard InChI is InChI=1S/C40H24N2OS/c1-3-12-25(13-4-1)34-24-35(26-14-5-2-6-15-26)42-40(41-34)33-22-10-18-29-28-17-9-19-30(37(28)43-38(29)33)32-21-11-20-31-27-16-7-8-23-36(27)44-39(31)32/h1-24H/i1D,3D,4D,12D,13D. The van der Waals surface area contributed by atoms with E-state index in [1.807, 2.05) is 48.5 Å². The normalized spacial score (nSPS) is 13.2. The highest BCUT2D eigenvalue weighted by Gasteiger charge is 2.20. The molecule has 6 aromatic carbocycles. The molecule has 3 nitrogen and oxygen atoms in total. The van der Waals surface area contributed by atoms with Gasteiger partial charge in [0.1, 0.15) is 11.2 Å². The molecule has 0 atom stereocenters. The Kier molecular flexibility index (Phi) is 4.63. The molecule has 0 fully saturated rings. The van der Waals surface area contributed by atoms with Gasteiger partial charge < -0.3 is 4.42 Å². The molecule has 0 unspecified atom stereocenters. The molecule has 0 radical (unpaired) electrons. The number of nitrogens with zero attached hydrogens (tertiary/aromatic N) is 2. The van der Waals surface area contributed by atoms with Crippen molar-refractivity contribution >= 4 is 53.4 Å². The first-order valence-electron chi connectivity index (χ1n) is 16.8. The summed E-state index contributed by atoms with van der Waals surface area (Å²) in [5.74, 6) is 0.320. The van der Waals surface area contributed by atoms with Crippen LogP contribution in [0.3, 0.4) is 0 Å². The van der Waals surface area contributed by atoms with E-state index in [1.165, 1.54) is 20.2 Å². The summed E-state index contributed by atoms with van der Waals surface area (Å²) >= 11 is 1.77. The summed E-state index contributed by atoms with van der Waals surface area (Å²) in [6.45, 7) is 0. The molecular weight excluding hydrogens is 557 g/mol. The molecule has 3 heterocycles. The fourth-order valence-corrected chi connectivity index (χ4v) is 7.23. The third-order valence-electron chi connectivity index (χ3n) is 8.01. The molecule has 0 N–H and O–H groups in total. The number of rotatable bonds is 4. The summed E-state index contributed by atoms with van der Waals surface area (Å²) < 4.78 is 51.3. The van der Waals surface area contributed by atoms with Gasteiger partial charge >= 0.3 is 0 Å². The topological polar surface area (TPSA) is 38.9 Å². The Labute approximate surface area is 264 Å². The van der Waals surface area contributed by atoms with Crippen molar-refractivity contribution in [3.63, 3.8) is 0 Å². The number of furan rings is 1. The first-order valence-corrected chi connectivity index (χ1v) is 15.1. The van der Waals surface area contributed by atoms with Crippen molar-refractivity contribution in [1.82, 2.24) is 9.97 Å². The van der Waals surface area contributed by atoms with Gasteiger partial charge in [0.05, 0.1) is 23.8 Å². The lowest BCUT2D eigenvalue weighted by Gasteiger charge is -2.09. The highest BCUT2D eigenvalue weighted by atomic mass is 32.1. The van der Waals surface area contributed by atoms with Gasteiger partial charge in [0.2, 0.25) is 0 Å². The molecule has 0 saturated carbocycles. The van der Waals surface area contributed by atoms with Crippen LogP contribution >= 0.6 is 11.3 Å². The van der Waals surface area contributed by atoms with E-state index < -0.39 is 18.1 Å². The first-order chi connectivity index (χ1) is 23.9. The molecule has 0 spiro atoms. The molecule has 0 bridgehead atoms. The van der Waals surface area contributed by atoms with Crippen molar-refractivity contribution in [3.8, 4) is 45.0 Å². The molecule has 0 saturated heterocycles. The van der Waals surface area contributed by atoms with E-state index in [4.69, 9.17) is 21.2 Å². The molecule has 0 amide bonds. The largest absolute Gasteiger partial charge is 0.455 e. The van der Waals surface area contributed by atoms with Gasteiger partial charge in [-0.3, -0.25) is 0 Å². The van der Waals surface area contributed by atoms with Crippen LogP contribution in [0, 0.1) is 0 Å². The molecule has 9 rings (SSSR count). The van der Waals surface area contributed by atoms with Crippen molar-refractivity contribution in [2.24, 2.45) is 0 Å². The molecule has 206 valence electrons. The molecule has 44 heavy (non-hydrogen) atoms. The number of hydrogen-bond donors (Lipinski definition) is 0. The van der Waals surface area contributed by atoms with Crippen LogP contribution in [0.4, 0.5) is 0 Å². The maximum absolute atomic E-state index is 8.67. The zero-order valence-corrected chi connectivity index (χ0v) is 24.0. The molecular formula is C40H24N2OS. The van der Waals surface area contributed by atoms with Crippen LogP contribution < -0.4 is 0 Å². The maximum Gasteiger partial charge on any atom is 0.164 e. The molecule has 0 aliphatic heterocycles. The zero-order valence-electron chi connectivity index (χ0n) is 28.2. The zero-order chi connectivity index (χ0) is 33.4. The Morgan fingerprint density at radius 3 is 1.93 bits per heavy atom. The monoisotopic (exact) mass is 585 g/mol. The van der Waals surface area contributed by atoms with E-state index in [9.17, 15) is 0 Å². The van der Waals surface area contributed by atoms with Crippen LogP contribution in [-0.4, -0.2) is 9.97 Å². The summed E-state index contributed by atoms with van der Waals surface area (Å²) in [4.78, 5) is 9.83. The van der Waals surface area contributed by atoms with Crippen molar-refractivity contribution < 1.29 is 11.3 Å². The van der Waals surface area contributed by atoms with Gasteiger partial charge in [-0.15, -0.1) is 11.3 Å². The Morgan fingerprint density at radius 2 is 1.14 bits per heavy atom. The van der Waals surface area contributed by atoms with Crippen molar-refractivity contribution in [3.05, 3.63) is 145 Å². The van der Waals surface area contributed by atoms with Gasteiger partial charge in [0.15, 0.2) is 5.82 Å². The van der Waals surface area contributed by atoms with E-state index >= 15 is 0 Å². The van der Waals surface area contributed by atoms with Crippen LogP contribution in [0.25, 0.3) is 87.1 Å². The SMILES string of the molecule is [2H]c1c([2H])c([2H])c(-c2cc(-c3ccccc3)nc(-c3cccc4c3oc3c(-c5cccc6c5sc5ccccc56)cccc34)n2)c([2H])c1[2H]. The lowest BCUT2D eigenvalue weighted by atomic mass is 10.00. The van der Waals surface area contributed by atoms with Gasteiger partial charge in [-0.1, -0.05) is 127 Å². The average molecular weight is 586 g/mol. The molecule has 0 aliphatic carbocycles. The quantitative estimate of drug-likeness (QED) is 0.206. The second-order valence-corrected chi connectivity index (χ2v) is 11.6. The third kappa shape index (κ3) is 3.96. The lowest BCUT2D eigenvalue weighted by molar-refractivity contribution is 0.670. The number of thiophene rings is 1. The second-order valence-electron chi connectivity index (χ2n) is 10.6. The number of hydrogen-bond acceptors (Lipinski definition) is 4. The Balaban J connectivity index is 1.30. The number of para-hydroxylation sites is 2. The number of aromatic nitrogens is 2. The summed E-state index contributed by atoms with van der Waals surface area (Å²) in [5, 5.41) is 4.29. The van der Waals surface area contributed by atoms with Gasteiger partial charge in [-0.05, 0) is 18.2 Å². The first kappa shape index (κ1) is 20.3. The minimum atomic E-state index is -0.453. The van der Waals surface area contributed by atoms with E-state index in [2.05, 4.69) is 60.7 Å². The number of benzene rings is 6. The van der Waals surface area contributed by atoms with Crippen molar-refractivity contribution in [2.75, 3.05) is 0 Å². The van der Waals surface area contributed by atoms with E-state index in [0.29, 0.717) is 22.7 Å². The summed E-state index contributed by atoms with van der Waals surface area (Å²) in [7, 11) is 0. The minimum Gasteiger partial charge on any atom is -0.455 e. The molecule has 9 aromatic rings. The van der Waals surface area contributed by atoms with Crippen LogP contribution in [0.15, 0.2) is 150 Å². The third-order valence-corrected chi connectivity index (χ3v) is 9.23. The highest BCUT2D eigenvalue weighted by Crippen LogP contribution is 2.44. The van der Waals surface area contributed by atoms with Crippen LogP contribution in [0.5, 0.6) is 0 Å². The molecule has 4 heteroatoms. The summed E-state index contributed by atoms with van der Waals surface area (Å²) in [5.41, 5.74) is 5.66. The second kappa shape index (κ2) is 10.0. The summed E-state index contributed by atoms with van der Waals surface area (Å²) in [6.07, 6.45) is 0. The highest BCUT2D eigenvalue weighted by molar-refractivity contribution is 7.26. The smallest absolute Gasteiger partial charge is 0.164 e. The van der Waals surface area contributed by atoms with Crippen LogP contribution in [-0.2, 0) is 0 Å². The lowest BCUT2D eigenvalue weighted by Crippen LogP contribution is -1.96. The molecule has 3 aromatic heterocycles. The molecule has 0 aliphatic rings. The van der Waals surface area contributed by atoms with Crippen molar-refractivity contribution in [1.29, 1.82) is 0 Å². The average Bonchev–Trinajstić information content (AvgIpc) is 3.72. The Hall–Kier alpha value is -5.58. The van der Waals surface area contributed by atoms with E-state index in [-0.39, 0.29) is 23.3 Å². The Bertz CT molecular complexity index is 2760. The van der Waals surface area contributed by atoms with Gasteiger partial charge in [-0.2, -0.15) is 0 Å². The minimum absolute atomic E-state index is 0.0160. The Morgan fingerprint density at radius 1 is 0.523 bits per heavy atom. The number of fused-ring (bicyclic) bond motifs is 6. The summed E-state index contributed by atoms with van der Waals surface area (Å²) in [6, 6.07) is 36.2. The van der Waals surface area contributed by atoms with Crippen LogP contribution in [0.1, 0.15) is 6.85 Å². The fraction of sp³-hybridized carbons (Fsp3) is 0. The van der Waals surface area contributed by atoms with E-state index in [0.717, 1.165) is 33.0 Å². The maximum atomic E-state index is 8.67. The van der Waals surface area contributed by atoms with Gasteiger partial charge in [0, 0.05) is 53.2 Å². The van der Waals surface area contributed by atoms with Gasteiger partial charge in [0.25, 0.3) is 0 Å². The predicted molar refractivity (Wildman–Crippen MR) is 184 cm³/mol. The van der Waals surface area contributed by atoms with Gasteiger partial charge in [-0.25, -0.2) is 9.97 Å². The van der Waals surface area contributed by atoms with Crippen LogP contribution in [0.2, 0.25) is 0 Å². The fourth-order valence-electron chi connectivity index (χ4n) is 6.00. The predicted octanol–water partition coefficient (Wildman–Crippen LogP) is 11.4. The van der Waals surface area contributed by atoms with E-state index in [1.54, 1.807) is 17.4 Å². The van der Waals surface area contributed by atoms with Crippen molar-refractivity contribution in [2.45, 2.75) is 0 Å².